The van der Waals surface area contributed by atoms with Crippen LogP contribution in [0.4, 0.5) is 20.4 Å². The maximum atomic E-state index is 13.7. The molecule has 1 atom stereocenters. The summed E-state index contributed by atoms with van der Waals surface area (Å²) in [6.07, 6.45) is 8.26. The summed E-state index contributed by atoms with van der Waals surface area (Å²) in [4.78, 5) is 35.9. The Hall–Kier alpha value is -4.58. The number of rotatable bonds is 9. The Morgan fingerprint density at radius 1 is 1.18 bits per heavy atom. The van der Waals surface area contributed by atoms with Gasteiger partial charge in [-0.1, -0.05) is 12.7 Å². The number of nitrogens with two attached hydrogens (primary N) is 1. The van der Waals surface area contributed by atoms with Crippen LogP contribution in [0.3, 0.4) is 0 Å². The number of nitrogens with zero attached hydrogens (tertiary/aromatic N) is 5. The van der Waals surface area contributed by atoms with Gasteiger partial charge in [-0.05, 0) is 43.7 Å². The van der Waals surface area contributed by atoms with Gasteiger partial charge in [0.15, 0.2) is 17.3 Å². The number of hydrogen-bond donors (Lipinski definition) is 3. The molecule has 0 spiro atoms. The van der Waals surface area contributed by atoms with Crippen LogP contribution in [0.25, 0.3) is 21.5 Å². The van der Waals surface area contributed by atoms with Crippen molar-refractivity contribution in [3.8, 4) is 10.6 Å². The second-order valence-electron chi connectivity index (χ2n) is 8.14. The highest BCUT2D eigenvalue weighted by Gasteiger charge is 2.18. The fraction of sp³-hybridized carbons (Fsp3) is 0.154. The smallest absolute Gasteiger partial charge is 0.274 e. The predicted octanol–water partition coefficient (Wildman–Crippen LogP) is 5.14. The first-order valence-electron chi connectivity index (χ1n) is 11.4. The maximum absolute atomic E-state index is 13.7. The molecule has 4 aromatic rings. The Labute approximate surface area is 221 Å². The summed E-state index contributed by atoms with van der Waals surface area (Å²) in [6, 6.07) is 5.08. The Kier molecular flexibility index (Phi) is 8.12. The van der Waals surface area contributed by atoms with Crippen molar-refractivity contribution in [1.82, 2.24) is 30.2 Å². The maximum Gasteiger partial charge on any atom is 0.274 e. The van der Waals surface area contributed by atoms with Crippen LogP contribution in [0.1, 0.15) is 29.2 Å². The molecule has 0 aromatic carbocycles. The summed E-state index contributed by atoms with van der Waals surface area (Å²) in [7, 11) is 0. The number of fused-ring (bicyclic) bond motifs is 1. The van der Waals surface area contributed by atoms with Gasteiger partial charge >= 0.3 is 0 Å². The fourth-order valence-electron chi connectivity index (χ4n) is 3.48. The number of nitrogen functional groups attached to an aromatic ring is 1. The first-order valence-corrected chi connectivity index (χ1v) is 12.3. The summed E-state index contributed by atoms with van der Waals surface area (Å²) < 4.78 is 26.9. The third kappa shape index (κ3) is 6.03. The Morgan fingerprint density at radius 2 is 1.97 bits per heavy atom. The monoisotopic (exact) mass is 534 g/mol. The first kappa shape index (κ1) is 26.5. The number of aromatic nitrogens is 5. The third-order valence-electron chi connectivity index (χ3n) is 5.52. The van der Waals surface area contributed by atoms with Gasteiger partial charge in [-0.15, -0.1) is 11.3 Å². The lowest BCUT2D eigenvalue weighted by molar-refractivity contribution is 0.0941. The molecule has 0 fully saturated rings. The zero-order valence-electron chi connectivity index (χ0n) is 20.6. The molecule has 194 valence electrons. The van der Waals surface area contributed by atoms with Gasteiger partial charge < -0.3 is 16.4 Å². The van der Waals surface area contributed by atoms with Crippen LogP contribution in [-0.2, 0) is 6.54 Å². The first-order chi connectivity index (χ1) is 18.3. The molecule has 1 amide bonds. The molecule has 0 radical (unpaired) electrons. The zero-order chi connectivity index (χ0) is 27.2. The van der Waals surface area contributed by atoms with Crippen molar-refractivity contribution in [2.24, 2.45) is 0 Å². The molecular weight excluding hydrogens is 510 g/mol. The highest BCUT2D eigenvalue weighted by molar-refractivity contribution is 7.15. The van der Waals surface area contributed by atoms with Gasteiger partial charge in [-0.2, -0.15) is 0 Å². The Balaban J connectivity index is 1.47. The SMILES string of the molecule is C=C/C(=C\C(F)=C(/C)F)[C@H](C)NC(=O)c1nccnc1NCc1ccc(-c2cc3c(N)ncnc3cn2)s1. The number of anilines is 2. The largest absolute Gasteiger partial charge is 0.383 e. The molecule has 0 saturated heterocycles. The van der Waals surface area contributed by atoms with E-state index < -0.39 is 23.6 Å². The number of pyridine rings is 1. The number of halogens is 2. The van der Waals surface area contributed by atoms with E-state index in [2.05, 4.69) is 42.1 Å². The number of amides is 1. The summed E-state index contributed by atoms with van der Waals surface area (Å²) in [6.45, 7) is 6.62. The van der Waals surface area contributed by atoms with E-state index in [4.69, 9.17) is 5.73 Å². The molecular formula is C26H24F2N8OS. The minimum atomic E-state index is -1.03. The van der Waals surface area contributed by atoms with E-state index in [9.17, 15) is 13.6 Å². The van der Waals surface area contributed by atoms with E-state index in [-0.39, 0.29) is 11.5 Å². The Morgan fingerprint density at radius 3 is 2.74 bits per heavy atom. The quantitative estimate of drug-likeness (QED) is 0.252. The lowest BCUT2D eigenvalue weighted by Crippen LogP contribution is -2.34. The van der Waals surface area contributed by atoms with Gasteiger partial charge in [-0.25, -0.2) is 28.7 Å². The highest BCUT2D eigenvalue weighted by atomic mass is 32.1. The van der Waals surface area contributed by atoms with Crippen LogP contribution in [0, 0.1) is 0 Å². The van der Waals surface area contributed by atoms with Crippen molar-refractivity contribution in [2.45, 2.75) is 26.4 Å². The molecule has 0 aliphatic rings. The molecule has 9 nitrogen and oxygen atoms in total. The number of carbonyl (C=O) groups is 1. The summed E-state index contributed by atoms with van der Waals surface area (Å²) in [5, 5.41) is 6.58. The van der Waals surface area contributed by atoms with Crippen molar-refractivity contribution < 1.29 is 13.6 Å². The third-order valence-corrected chi connectivity index (χ3v) is 6.62. The van der Waals surface area contributed by atoms with E-state index >= 15 is 0 Å². The van der Waals surface area contributed by atoms with Crippen molar-refractivity contribution in [3.63, 3.8) is 0 Å². The summed E-state index contributed by atoms with van der Waals surface area (Å²) >= 11 is 1.51. The highest BCUT2D eigenvalue weighted by Crippen LogP contribution is 2.30. The van der Waals surface area contributed by atoms with Crippen LogP contribution < -0.4 is 16.4 Å². The average Bonchev–Trinajstić information content (AvgIpc) is 3.39. The van der Waals surface area contributed by atoms with Gasteiger partial charge in [0.25, 0.3) is 5.91 Å². The molecule has 38 heavy (non-hydrogen) atoms. The average molecular weight is 535 g/mol. The van der Waals surface area contributed by atoms with Crippen LogP contribution in [0.5, 0.6) is 0 Å². The second-order valence-corrected chi connectivity index (χ2v) is 9.31. The molecule has 0 saturated carbocycles. The van der Waals surface area contributed by atoms with E-state index in [1.54, 1.807) is 13.1 Å². The van der Waals surface area contributed by atoms with E-state index in [1.165, 1.54) is 36.1 Å². The topological polar surface area (TPSA) is 132 Å². The second kappa shape index (κ2) is 11.6. The predicted molar refractivity (Wildman–Crippen MR) is 145 cm³/mol. The molecule has 0 aliphatic heterocycles. The molecule has 4 aromatic heterocycles. The van der Waals surface area contributed by atoms with Crippen LogP contribution in [-0.4, -0.2) is 36.9 Å². The van der Waals surface area contributed by atoms with Crippen LogP contribution in [0.2, 0.25) is 0 Å². The minimum Gasteiger partial charge on any atom is -0.383 e. The van der Waals surface area contributed by atoms with E-state index in [0.29, 0.717) is 23.5 Å². The summed E-state index contributed by atoms with van der Waals surface area (Å²) in [5.41, 5.74) is 7.74. The standard InChI is InChI=1S/C26H24F2N8OS/c1-4-16(9-19(28)14(2)27)15(3)36-26(37)23-25(31-8-7-30-23)33-11-17-5-6-22(38-17)20-10-18-21(12-32-20)34-13-35-24(18)29/h4-10,12-13,15H,1,11H2,2-3H3,(H,31,33)(H,36,37)(H2,29,34,35)/b16-9+,19-14-/t15-/m0/s1. The van der Waals surface area contributed by atoms with Crippen LogP contribution in [0.15, 0.2) is 79.1 Å². The van der Waals surface area contributed by atoms with Gasteiger partial charge in [-0.3, -0.25) is 9.78 Å². The lowest BCUT2D eigenvalue weighted by Gasteiger charge is -2.16. The fourth-order valence-corrected chi connectivity index (χ4v) is 4.40. The molecule has 4 rings (SSSR count). The molecule has 4 N–H and O–H groups in total. The van der Waals surface area contributed by atoms with E-state index in [0.717, 1.165) is 33.8 Å². The minimum absolute atomic E-state index is 0.0592. The van der Waals surface area contributed by atoms with Gasteiger partial charge in [0.2, 0.25) is 0 Å². The number of allylic oxidation sites excluding steroid dienone is 3. The van der Waals surface area contributed by atoms with Crippen molar-refractivity contribution >= 4 is 39.8 Å². The molecule has 0 unspecified atom stereocenters. The normalized spacial score (nSPS) is 13.1. The van der Waals surface area contributed by atoms with Gasteiger partial charge in [0, 0.05) is 22.7 Å². The van der Waals surface area contributed by atoms with Gasteiger partial charge in [0.05, 0.1) is 34.9 Å². The van der Waals surface area contributed by atoms with Crippen molar-refractivity contribution in [1.29, 1.82) is 0 Å². The Bertz CT molecular complexity index is 1560. The lowest BCUT2D eigenvalue weighted by atomic mass is 10.1. The molecule has 0 bridgehead atoms. The number of nitrogens with one attached hydrogen (secondary N) is 2. The zero-order valence-corrected chi connectivity index (χ0v) is 21.4. The molecule has 4 heterocycles. The molecule has 12 heteroatoms. The van der Waals surface area contributed by atoms with Crippen molar-refractivity contribution in [2.75, 3.05) is 11.1 Å². The van der Waals surface area contributed by atoms with Crippen LogP contribution >= 0.6 is 11.3 Å². The van der Waals surface area contributed by atoms with Gasteiger partial charge in [0.1, 0.15) is 18.0 Å². The molecule has 0 aliphatic carbocycles. The summed E-state index contributed by atoms with van der Waals surface area (Å²) in [5.74, 6) is -1.87. The number of hydrogen-bond acceptors (Lipinski definition) is 9. The number of thiophene rings is 1. The number of carbonyl (C=O) groups excluding carboxylic acids is 1. The van der Waals surface area contributed by atoms with E-state index in [1.807, 2.05) is 18.2 Å². The van der Waals surface area contributed by atoms with Crippen molar-refractivity contribution in [3.05, 3.63) is 89.6 Å².